The zero-order valence-electron chi connectivity index (χ0n) is 11.1. The van der Waals surface area contributed by atoms with Crippen molar-refractivity contribution in [2.45, 2.75) is 19.8 Å². The van der Waals surface area contributed by atoms with Crippen LogP contribution >= 0.6 is 23.1 Å². The average Bonchev–Trinajstić information content (AvgIpc) is 2.87. The first-order valence-corrected chi connectivity index (χ1v) is 7.33. The molecule has 0 unspecified atom stereocenters. The van der Waals surface area contributed by atoms with E-state index in [1.807, 2.05) is 6.92 Å². The predicted molar refractivity (Wildman–Crippen MR) is 80.3 cm³/mol. The third-order valence-electron chi connectivity index (χ3n) is 2.71. The first-order chi connectivity index (χ1) is 10.0. The normalized spacial score (nSPS) is 10.4. The molecule has 1 aromatic heterocycles. The maximum Gasteiger partial charge on any atom is 0.337 e. The van der Waals surface area contributed by atoms with Gasteiger partial charge in [-0.3, -0.25) is 4.79 Å². The van der Waals surface area contributed by atoms with Gasteiger partial charge in [0.05, 0.1) is 16.9 Å². The van der Waals surface area contributed by atoms with E-state index in [2.05, 4.69) is 14.9 Å². The summed E-state index contributed by atoms with van der Waals surface area (Å²) in [5.41, 5.74) is 0.733. The number of aromatic carboxylic acids is 1. The minimum atomic E-state index is -1.14. The minimum Gasteiger partial charge on any atom is -0.478 e. The van der Waals surface area contributed by atoms with E-state index in [1.54, 1.807) is 0 Å². The first-order valence-electron chi connectivity index (χ1n) is 6.18. The van der Waals surface area contributed by atoms with E-state index in [-0.39, 0.29) is 11.3 Å². The van der Waals surface area contributed by atoms with E-state index in [0.29, 0.717) is 22.0 Å². The highest BCUT2D eigenvalue weighted by Gasteiger charge is 2.19. The van der Waals surface area contributed by atoms with E-state index >= 15 is 0 Å². The summed E-state index contributed by atoms with van der Waals surface area (Å²) in [7, 11) is 0. The second kappa shape index (κ2) is 6.64. The number of carbonyl (C=O) groups excluding carboxylic acids is 1. The zero-order chi connectivity index (χ0) is 15.4. The molecule has 0 atom stereocenters. The summed E-state index contributed by atoms with van der Waals surface area (Å²) < 4.78 is 3.77. The number of hydrogen-bond acceptors (Lipinski definition) is 5. The molecule has 0 fully saturated rings. The summed E-state index contributed by atoms with van der Waals surface area (Å²) in [6.07, 6.45) is 1.48. The van der Waals surface area contributed by atoms with Gasteiger partial charge in [0.25, 0.3) is 5.91 Å². The summed E-state index contributed by atoms with van der Waals surface area (Å²) in [5, 5.41) is 15.9. The number of carbonyl (C=O) groups is 2. The van der Waals surface area contributed by atoms with Crippen molar-refractivity contribution in [3.05, 3.63) is 39.4 Å². The van der Waals surface area contributed by atoms with Gasteiger partial charge in [0.15, 0.2) is 0 Å². The molecule has 110 valence electrons. The average molecular weight is 326 g/mol. The smallest absolute Gasteiger partial charge is 0.337 e. The Kier molecular flexibility index (Phi) is 4.87. The Morgan fingerprint density at radius 1 is 1.43 bits per heavy atom. The standard InChI is InChI=1S/C13H12ClN3O3S/c1-2-3-9-11(21-17-16-9)12(18)15-10-6-7(14)4-5-8(10)13(19)20/h4-6H,2-3H2,1H3,(H,15,18)(H,19,20). The van der Waals surface area contributed by atoms with Crippen LogP contribution in [0.1, 0.15) is 39.1 Å². The Balaban J connectivity index is 2.29. The lowest BCUT2D eigenvalue weighted by Crippen LogP contribution is -2.15. The van der Waals surface area contributed by atoms with Gasteiger partial charge in [-0.1, -0.05) is 29.4 Å². The van der Waals surface area contributed by atoms with Crippen molar-refractivity contribution in [3.8, 4) is 0 Å². The molecule has 1 amide bonds. The lowest BCUT2D eigenvalue weighted by molar-refractivity contribution is 0.0698. The third kappa shape index (κ3) is 3.56. The highest BCUT2D eigenvalue weighted by molar-refractivity contribution is 7.08. The number of carboxylic acid groups (broad SMARTS) is 1. The van der Waals surface area contributed by atoms with Crippen molar-refractivity contribution >= 4 is 40.7 Å². The largest absolute Gasteiger partial charge is 0.478 e. The van der Waals surface area contributed by atoms with Crippen LogP contribution in [0.5, 0.6) is 0 Å². The van der Waals surface area contributed by atoms with Gasteiger partial charge in [-0.25, -0.2) is 4.79 Å². The Morgan fingerprint density at radius 2 is 2.19 bits per heavy atom. The minimum absolute atomic E-state index is 0.0257. The van der Waals surface area contributed by atoms with Crippen LogP contribution in [-0.2, 0) is 6.42 Å². The molecule has 0 aliphatic carbocycles. The fourth-order valence-corrected chi connectivity index (χ4v) is 2.54. The van der Waals surface area contributed by atoms with Gasteiger partial charge in [0, 0.05) is 5.02 Å². The van der Waals surface area contributed by atoms with Gasteiger partial charge < -0.3 is 10.4 Å². The highest BCUT2D eigenvalue weighted by Crippen LogP contribution is 2.23. The van der Waals surface area contributed by atoms with Gasteiger partial charge in [-0.15, -0.1) is 5.10 Å². The molecule has 1 aromatic carbocycles. The molecule has 0 spiro atoms. The van der Waals surface area contributed by atoms with E-state index in [1.165, 1.54) is 18.2 Å². The van der Waals surface area contributed by atoms with Crippen LogP contribution in [0.2, 0.25) is 5.02 Å². The number of amides is 1. The molecule has 0 bridgehead atoms. The second-order valence-corrected chi connectivity index (χ2v) is 5.44. The van der Waals surface area contributed by atoms with Crippen molar-refractivity contribution in [1.82, 2.24) is 9.59 Å². The number of aryl methyl sites for hydroxylation is 1. The molecule has 1 heterocycles. The summed E-state index contributed by atoms with van der Waals surface area (Å²) in [5.74, 6) is -1.57. The summed E-state index contributed by atoms with van der Waals surface area (Å²) in [6, 6.07) is 4.20. The topological polar surface area (TPSA) is 92.2 Å². The lowest BCUT2D eigenvalue weighted by Gasteiger charge is -2.08. The second-order valence-electron chi connectivity index (χ2n) is 4.25. The fraction of sp³-hybridized carbons (Fsp3) is 0.231. The molecule has 0 saturated carbocycles. The van der Waals surface area contributed by atoms with Crippen LogP contribution in [-0.4, -0.2) is 26.6 Å². The molecule has 2 aromatic rings. The monoisotopic (exact) mass is 325 g/mol. The van der Waals surface area contributed by atoms with E-state index in [9.17, 15) is 9.59 Å². The summed E-state index contributed by atoms with van der Waals surface area (Å²) in [4.78, 5) is 23.8. The highest BCUT2D eigenvalue weighted by atomic mass is 35.5. The zero-order valence-corrected chi connectivity index (χ0v) is 12.7. The number of benzene rings is 1. The van der Waals surface area contributed by atoms with Crippen molar-refractivity contribution in [2.24, 2.45) is 0 Å². The molecule has 2 rings (SSSR count). The number of carboxylic acids is 1. The number of hydrogen-bond donors (Lipinski definition) is 2. The van der Waals surface area contributed by atoms with Crippen molar-refractivity contribution < 1.29 is 14.7 Å². The molecule has 0 radical (unpaired) electrons. The van der Waals surface area contributed by atoms with Crippen LogP contribution in [0.4, 0.5) is 5.69 Å². The van der Waals surface area contributed by atoms with Gasteiger partial charge >= 0.3 is 5.97 Å². The molecular formula is C13H12ClN3O3S. The number of rotatable bonds is 5. The van der Waals surface area contributed by atoms with Crippen molar-refractivity contribution in [3.63, 3.8) is 0 Å². The van der Waals surface area contributed by atoms with Crippen LogP contribution in [0.3, 0.4) is 0 Å². The van der Waals surface area contributed by atoms with E-state index in [4.69, 9.17) is 16.7 Å². The Hall–Kier alpha value is -1.99. The fourth-order valence-electron chi connectivity index (χ4n) is 1.77. The number of nitrogens with zero attached hydrogens (tertiary/aromatic N) is 2. The van der Waals surface area contributed by atoms with Crippen molar-refractivity contribution in [2.75, 3.05) is 5.32 Å². The van der Waals surface area contributed by atoms with Gasteiger partial charge in [0.1, 0.15) is 4.88 Å². The number of nitrogens with one attached hydrogen (secondary N) is 1. The molecule has 0 aliphatic rings. The Bertz CT molecular complexity index is 687. The number of halogens is 1. The van der Waals surface area contributed by atoms with Crippen LogP contribution < -0.4 is 5.32 Å². The quantitative estimate of drug-likeness (QED) is 0.881. The Morgan fingerprint density at radius 3 is 2.86 bits per heavy atom. The van der Waals surface area contributed by atoms with E-state index < -0.39 is 11.9 Å². The van der Waals surface area contributed by atoms with Crippen LogP contribution in [0.25, 0.3) is 0 Å². The van der Waals surface area contributed by atoms with Crippen LogP contribution in [0, 0.1) is 0 Å². The maximum absolute atomic E-state index is 12.2. The maximum atomic E-state index is 12.2. The first kappa shape index (κ1) is 15.4. The summed E-state index contributed by atoms with van der Waals surface area (Å²) >= 11 is 6.83. The molecule has 0 saturated heterocycles. The van der Waals surface area contributed by atoms with E-state index in [0.717, 1.165) is 18.0 Å². The predicted octanol–water partition coefficient (Wildman–Crippen LogP) is 3.09. The SMILES string of the molecule is CCCc1nnsc1C(=O)Nc1cc(Cl)ccc1C(=O)O. The summed E-state index contributed by atoms with van der Waals surface area (Å²) in [6.45, 7) is 1.97. The molecule has 2 N–H and O–H groups in total. The van der Waals surface area contributed by atoms with Gasteiger partial charge in [0.2, 0.25) is 0 Å². The van der Waals surface area contributed by atoms with Crippen LogP contribution in [0.15, 0.2) is 18.2 Å². The third-order valence-corrected chi connectivity index (χ3v) is 3.71. The van der Waals surface area contributed by atoms with Gasteiger partial charge in [-0.05, 0) is 36.2 Å². The molecule has 8 heteroatoms. The van der Waals surface area contributed by atoms with Crippen molar-refractivity contribution in [1.29, 1.82) is 0 Å². The number of anilines is 1. The molecule has 6 nitrogen and oxygen atoms in total. The Labute approximate surface area is 129 Å². The molecular weight excluding hydrogens is 314 g/mol. The molecule has 21 heavy (non-hydrogen) atoms. The number of aromatic nitrogens is 2. The van der Waals surface area contributed by atoms with Gasteiger partial charge in [-0.2, -0.15) is 0 Å². The lowest BCUT2D eigenvalue weighted by atomic mass is 10.1. The molecule has 0 aliphatic heterocycles.